The number of ether oxygens (including phenoxy) is 1. The van der Waals surface area contributed by atoms with Crippen LogP contribution in [0.15, 0.2) is 42.0 Å². The number of aromatic hydroxyl groups is 1. The van der Waals surface area contributed by atoms with Crippen molar-refractivity contribution in [2.24, 2.45) is 0 Å². The van der Waals surface area contributed by atoms with Gasteiger partial charge in [-0.25, -0.2) is 0 Å². The lowest BCUT2D eigenvalue weighted by Crippen LogP contribution is -2.35. The van der Waals surface area contributed by atoms with Gasteiger partial charge in [-0.15, -0.1) is 0 Å². The Hall–Kier alpha value is -3.32. The number of phenolic OH excluding ortho intramolecular Hbond substituents is 1. The molecule has 2 N–H and O–H groups in total. The molecule has 1 saturated heterocycles. The average molecular weight is 424 g/mol. The van der Waals surface area contributed by atoms with Gasteiger partial charge in [-0.05, 0) is 62.8 Å². The number of aliphatic hydroxyl groups excluding tert-OH is 1. The number of ketones is 1. The van der Waals surface area contributed by atoms with E-state index in [0.717, 1.165) is 11.1 Å². The van der Waals surface area contributed by atoms with Gasteiger partial charge in [0.05, 0.1) is 24.3 Å². The van der Waals surface area contributed by atoms with Crippen LogP contribution >= 0.6 is 0 Å². The van der Waals surface area contributed by atoms with E-state index >= 15 is 0 Å². The molecule has 0 bridgehead atoms. The van der Waals surface area contributed by atoms with Crippen molar-refractivity contribution in [2.75, 3.05) is 34.3 Å². The fourth-order valence-corrected chi connectivity index (χ4v) is 4.01. The number of nitrogens with zero attached hydrogens (tertiary/aromatic N) is 2. The number of hydrogen-bond acceptors (Lipinski definition) is 6. The van der Waals surface area contributed by atoms with Gasteiger partial charge in [-0.1, -0.05) is 18.2 Å². The van der Waals surface area contributed by atoms with Gasteiger partial charge in [0, 0.05) is 13.1 Å². The highest BCUT2D eigenvalue weighted by Crippen LogP contribution is 2.42. The standard InChI is InChI=1S/C24H28N2O5/c1-14-11-15(2)23(31-5)18(12-14)21(28)19-20(16-7-6-8-17(27)13-16)26(10-9-25(3)4)24(30)22(19)29/h6-8,11-13,20,27-28H,9-10H2,1-5H3/b21-19+. The van der Waals surface area contributed by atoms with Crippen molar-refractivity contribution in [2.45, 2.75) is 19.9 Å². The molecule has 1 aliphatic heterocycles. The molecule has 0 saturated carbocycles. The second-order valence-corrected chi connectivity index (χ2v) is 8.05. The van der Waals surface area contributed by atoms with E-state index in [1.807, 2.05) is 38.9 Å². The SMILES string of the molecule is COc1c(C)cc(C)cc1/C(O)=C1\C(=O)C(=O)N(CCN(C)C)C1c1cccc(O)c1. The number of likely N-dealkylation sites (N-methyl/N-ethyl adjacent to an activating group) is 1. The summed E-state index contributed by atoms with van der Waals surface area (Å²) in [6.45, 7) is 4.56. The molecule has 2 aromatic rings. The Morgan fingerprint density at radius 1 is 1.16 bits per heavy atom. The number of amides is 1. The van der Waals surface area contributed by atoms with E-state index in [2.05, 4.69) is 0 Å². The lowest BCUT2D eigenvalue weighted by Gasteiger charge is -2.26. The Bertz CT molecular complexity index is 1060. The summed E-state index contributed by atoms with van der Waals surface area (Å²) in [7, 11) is 5.25. The third-order valence-electron chi connectivity index (χ3n) is 5.39. The summed E-state index contributed by atoms with van der Waals surface area (Å²) in [6.07, 6.45) is 0. The zero-order valence-electron chi connectivity index (χ0n) is 18.5. The summed E-state index contributed by atoms with van der Waals surface area (Å²) < 4.78 is 5.49. The normalized spacial score (nSPS) is 18.1. The smallest absolute Gasteiger partial charge is 0.295 e. The van der Waals surface area contributed by atoms with E-state index in [0.29, 0.717) is 30.0 Å². The first kappa shape index (κ1) is 22.4. The second kappa shape index (κ2) is 8.81. The molecule has 7 nitrogen and oxygen atoms in total. The second-order valence-electron chi connectivity index (χ2n) is 8.05. The third-order valence-corrected chi connectivity index (χ3v) is 5.39. The average Bonchev–Trinajstić information content (AvgIpc) is 2.95. The van der Waals surface area contributed by atoms with Crippen LogP contribution in [0.4, 0.5) is 0 Å². The summed E-state index contributed by atoms with van der Waals surface area (Å²) in [5.74, 6) is -1.27. The zero-order chi connectivity index (χ0) is 22.9. The molecular formula is C24H28N2O5. The molecule has 0 radical (unpaired) electrons. The Labute approximate surface area is 182 Å². The molecule has 0 aliphatic carbocycles. The highest BCUT2D eigenvalue weighted by molar-refractivity contribution is 6.46. The van der Waals surface area contributed by atoms with Crippen molar-refractivity contribution in [3.05, 3.63) is 64.2 Å². The van der Waals surface area contributed by atoms with Crippen LogP contribution in [-0.4, -0.2) is 66.0 Å². The molecule has 1 heterocycles. The maximum Gasteiger partial charge on any atom is 0.295 e. The lowest BCUT2D eigenvalue weighted by atomic mass is 9.93. The monoisotopic (exact) mass is 424 g/mol. The van der Waals surface area contributed by atoms with Crippen LogP contribution in [-0.2, 0) is 9.59 Å². The number of hydrogen-bond donors (Lipinski definition) is 2. The molecule has 0 spiro atoms. The Kier molecular flexibility index (Phi) is 6.36. The van der Waals surface area contributed by atoms with Crippen LogP contribution in [0.1, 0.15) is 28.3 Å². The molecule has 2 aromatic carbocycles. The number of Topliss-reactive ketones (excluding diaryl/α,β-unsaturated/α-hetero) is 1. The third kappa shape index (κ3) is 4.27. The molecule has 3 rings (SSSR count). The van der Waals surface area contributed by atoms with Gasteiger partial charge in [0.2, 0.25) is 0 Å². The topological polar surface area (TPSA) is 90.3 Å². The van der Waals surface area contributed by atoms with E-state index in [1.54, 1.807) is 18.2 Å². The number of rotatable bonds is 6. The molecule has 0 aromatic heterocycles. The summed E-state index contributed by atoms with van der Waals surface area (Å²) >= 11 is 0. The number of benzene rings is 2. The minimum atomic E-state index is -0.822. The van der Waals surface area contributed by atoms with Crippen LogP contribution < -0.4 is 4.74 Å². The number of aliphatic hydroxyl groups is 1. The predicted octanol–water partition coefficient (Wildman–Crippen LogP) is 3.00. The van der Waals surface area contributed by atoms with Crippen LogP contribution in [0.2, 0.25) is 0 Å². The van der Waals surface area contributed by atoms with Gasteiger partial charge in [0.25, 0.3) is 11.7 Å². The van der Waals surface area contributed by atoms with Gasteiger partial charge in [-0.3, -0.25) is 9.59 Å². The highest BCUT2D eigenvalue weighted by Gasteiger charge is 2.46. The molecule has 31 heavy (non-hydrogen) atoms. The summed E-state index contributed by atoms with van der Waals surface area (Å²) in [5.41, 5.74) is 2.58. The van der Waals surface area contributed by atoms with Crippen LogP contribution in [0.5, 0.6) is 11.5 Å². The fraction of sp³-hybridized carbons (Fsp3) is 0.333. The summed E-state index contributed by atoms with van der Waals surface area (Å²) in [4.78, 5) is 29.4. The van der Waals surface area contributed by atoms with Crippen molar-refractivity contribution in [3.63, 3.8) is 0 Å². The largest absolute Gasteiger partial charge is 0.508 e. The predicted molar refractivity (Wildman–Crippen MR) is 118 cm³/mol. The van der Waals surface area contributed by atoms with Gasteiger partial charge >= 0.3 is 0 Å². The van der Waals surface area contributed by atoms with Crippen molar-refractivity contribution in [1.82, 2.24) is 9.80 Å². The van der Waals surface area contributed by atoms with Crippen LogP contribution in [0.25, 0.3) is 5.76 Å². The maximum atomic E-state index is 13.1. The molecule has 1 amide bonds. The number of phenols is 1. The van der Waals surface area contributed by atoms with E-state index < -0.39 is 17.7 Å². The van der Waals surface area contributed by atoms with Crippen LogP contribution in [0, 0.1) is 13.8 Å². The first-order chi connectivity index (χ1) is 14.6. The zero-order valence-corrected chi connectivity index (χ0v) is 18.5. The van der Waals surface area contributed by atoms with E-state index in [1.165, 1.54) is 24.1 Å². The van der Waals surface area contributed by atoms with Gasteiger partial charge in [-0.2, -0.15) is 0 Å². The van der Waals surface area contributed by atoms with Crippen molar-refractivity contribution >= 4 is 17.4 Å². The molecule has 7 heteroatoms. The first-order valence-corrected chi connectivity index (χ1v) is 10.0. The minimum Gasteiger partial charge on any atom is -0.508 e. The fourth-order valence-electron chi connectivity index (χ4n) is 4.01. The summed E-state index contributed by atoms with van der Waals surface area (Å²) in [6, 6.07) is 9.22. The van der Waals surface area contributed by atoms with E-state index in [-0.39, 0.29) is 17.1 Å². The van der Waals surface area contributed by atoms with E-state index in [4.69, 9.17) is 4.74 Å². The first-order valence-electron chi connectivity index (χ1n) is 10.0. The molecule has 1 atom stereocenters. The molecular weight excluding hydrogens is 396 g/mol. The quantitative estimate of drug-likeness (QED) is 0.421. The molecule has 1 aliphatic rings. The van der Waals surface area contributed by atoms with Gasteiger partial charge < -0.3 is 24.7 Å². The molecule has 1 fully saturated rings. The summed E-state index contributed by atoms with van der Waals surface area (Å²) in [5, 5.41) is 21.3. The number of carbonyl (C=O) groups excluding carboxylic acids is 2. The van der Waals surface area contributed by atoms with E-state index in [9.17, 15) is 19.8 Å². The van der Waals surface area contributed by atoms with Crippen LogP contribution in [0.3, 0.4) is 0 Å². The minimum absolute atomic E-state index is 0.0136. The Morgan fingerprint density at radius 2 is 1.87 bits per heavy atom. The number of aryl methyl sites for hydroxylation is 2. The van der Waals surface area contributed by atoms with Crippen molar-refractivity contribution in [3.8, 4) is 11.5 Å². The lowest BCUT2D eigenvalue weighted by molar-refractivity contribution is -0.140. The number of likely N-dealkylation sites (tertiary alicyclic amines) is 1. The van der Waals surface area contributed by atoms with Gasteiger partial charge in [0.15, 0.2) is 0 Å². The molecule has 164 valence electrons. The number of carbonyl (C=O) groups is 2. The van der Waals surface area contributed by atoms with Crippen molar-refractivity contribution < 1.29 is 24.5 Å². The molecule has 1 unspecified atom stereocenters. The van der Waals surface area contributed by atoms with Gasteiger partial charge in [0.1, 0.15) is 17.3 Å². The highest BCUT2D eigenvalue weighted by atomic mass is 16.5. The maximum absolute atomic E-state index is 13.1. The Balaban J connectivity index is 2.25. The van der Waals surface area contributed by atoms with Crippen molar-refractivity contribution in [1.29, 1.82) is 0 Å². The Morgan fingerprint density at radius 3 is 2.48 bits per heavy atom. The number of methoxy groups -OCH3 is 1.